The van der Waals surface area contributed by atoms with Crippen LogP contribution in [0.3, 0.4) is 0 Å². The van der Waals surface area contributed by atoms with Gasteiger partial charge in [0.1, 0.15) is 5.60 Å². The zero-order chi connectivity index (χ0) is 11.3. The predicted octanol–water partition coefficient (Wildman–Crippen LogP) is 2.25. The first-order valence-electron chi connectivity index (χ1n) is 5.92. The fourth-order valence-electron chi connectivity index (χ4n) is 1.89. The second-order valence-corrected chi connectivity index (χ2v) is 5.27. The first-order chi connectivity index (χ1) is 6.97. The van der Waals surface area contributed by atoms with E-state index >= 15 is 0 Å². The summed E-state index contributed by atoms with van der Waals surface area (Å²) < 4.78 is 5.24. The molecule has 1 saturated heterocycles. The molecule has 0 amide bonds. The van der Waals surface area contributed by atoms with Crippen LogP contribution in [0.4, 0.5) is 0 Å². The summed E-state index contributed by atoms with van der Waals surface area (Å²) in [5, 5.41) is 3.43. The van der Waals surface area contributed by atoms with E-state index < -0.39 is 0 Å². The van der Waals surface area contributed by atoms with E-state index in [1.807, 2.05) is 20.8 Å². The monoisotopic (exact) mass is 213 g/mol. The lowest BCUT2D eigenvalue weighted by Gasteiger charge is -2.19. The number of ether oxygens (including phenoxy) is 1. The van der Waals surface area contributed by atoms with Crippen molar-refractivity contribution in [2.24, 2.45) is 0 Å². The highest BCUT2D eigenvalue weighted by Gasteiger charge is 2.17. The summed E-state index contributed by atoms with van der Waals surface area (Å²) in [6.45, 7) is 6.85. The molecular weight excluding hydrogens is 190 g/mol. The third-order valence-electron chi connectivity index (χ3n) is 2.52. The zero-order valence-electron chi connectivity index (χ0n) is 10.1. The zero-order valence-corrected chi connectivity index (χ0v) is 10.1. The van der Waals surface area contributed by atoms with Crippen LogP contribution in [0.25, 0.3) is 0 Å². The van der Waals surface area contributed by atoms with Gasteiger partial charge >= 0.3 is 5.97 Å². The Morgan fingerprint density at radius 1 is 1.47 bits per heavy atom. The number of esters is 1. The van der Waals surface area contributed by atoms with Crippen LogP contribution in [0.15, 0.2) is 0 Å². The van der Waals surface area contributed by atoms with Crippen molar-refractivity contribution in [2.75, 3.05) is 6.54 Å². The standard InChI is InChI=1S/C12H23NO2/c1-12(2,3)15-11(14)8-4-6-10-7-5-9-13-10/h10,13H,4-9H2,1-3H3. The number of carbonyl (C=O) groups is 1. The van der Waals surface area contributed by atoms with Gasteiger partial charge in [0, 0.05) is 12.5 Å². The maximum atomic E-state index is 11.4. The molecule has 3 heteroatoms. The average Bonchev–Trinajstić information content (AvgIpc) is 2.53. The van der Waals surface area contributed by atoms with Gasteiger partial charge in [-0.3, -0.25) is 4.79 Å². The van der Waals surface area contributed by atoms with E-state index in [9.17, 15) is 4.79 Å². The van der Waals surface area contributed by atoms with Crippen molar-refractivity contribution in [2.45, 2.75) is 64.5 Å². The summed E-state index contributed by atoms with van der Waals surface area (Å²) in [6, 6.07) is 0.632. The van der Waals surface area contributed by atoms with Crippen LogP contribution >= 0.6 is 0 Å². The molecule has 1 heterocycles. The molecule has 0 aromatic heterocycles. The van der Waals surface area contributed by atoms with E-state index in [1.165, 1.54) is 12.8 Å². The molecule has 88 valence electrons. The van der Waals surface area contributed by atoms with Crippen LogP contribution in [0, 0.1) is 0 Å². The largest absolute Gasteiger partial charge is 0.460 e. The Balaban J connectivity index is 2.06. The highest BCUT2D eigenvalue weighted by molar-refractivity contribution is 5.69. The second-order valence-electron chi connectivity index (χ2n) is 5.27. The maximum Gasteiger partial charge on any atom is 0.306 e. The smallest absolute Gasteiger partial charge is 0.306 e. The van der Waals surface area contributed by atoms with Crippen LogP contribution in [0.1, 0.15) is 52.9 Å². The molecule has 0 aromatic carbocycles. The molecule has 0 aromatic rings. The lowest BCUT2D eigenvalue weighted by Crippen LogP contribution is -2.24. The van der Waals surface area contributed by atoms with Crippen LogP contribution in [0.5, 0.6) is 0 Å². The van der Waals surface area contributed by atoms with Gasteiger partial charge in [-0.1, -0.05) is 0 Å². The van der Waals surface area contributed by atoms with E-state index in [-0.39, 0.29) is 11.6 Å². The number of hydrogen-bond donors (Lipinski definition) is 1. The Morgan fingerprint density at radius 3 is 2.73 bits per heavy atom. The highest BCUT2D eigenvalue weighted by Crippen LogP contribution is 2.14. The van der Waals surface area contributed by atoms with Crippen molar-refractivity contribution in [1.29, 1.82) is 0 Å². The van der Waals surface area contributed by atoms with Gasteiger partial charge in [-0.15, -0.1) is 0 Å². The van der Waals surface area contributed by atoms with Gasteiger partial charge in [-0.05, 0) is 53.0 Å². The van der Waals surface area contributed by atoms with Gasteiger partial charge in [0.05, 0.1) is 0 Å². The summed E-state index contributed by atoms with van der Waals surface area (Å²) in [6.07, 6.45) is 5.12. The third-order valence-corrected chi connectivity index (χ3v) is 2.52. The molecule has 1 fully saturated rings. The SMILES string of the molecule is CC(C)(C)OC(=O)CCCC1CCCN1. The van der Waals surface area contributed by atoms with Gasteiger partial charge in [-0.2, -0.15) is 0 Å². The Hall–Kier alpha value is -0.570. The van der Waals surface area contributed by atoms with Gasteiger partial charge in [0.25, 0.3) is 0 Å². The third kappa shape index (κ3) is 5.78. The number of hydrogen-bond acceptors (Lipinski definition) is 3. The molecule has 1 unspecified atom stereocenters. The molecule has 1 rings (SSSR count). The molecule has 0 radical (unpaired) electrons. The van der Waals surface area contributed by atoms with E-state index in [1.54, 1.807) is 0 Å². The summed E-state index contributed by atoms with van der Waals surface area (Å²) in [7, 11) is 0. The van der Waals surface area contributed by atoms with Crippen LogP contribution < -0.4 is 5.32 Å². The molecule has 15 heavy (non-hydrogen) atoms. The van der Waals surface area contributed by atoms with Crippen molar-refractivity contribution in [1.82, 2.24) is 5.32 Å². The number of nitrogens with one attached hydrogen (secondary N) is 1. The minimum absolute atomic E-state index is 0.0690. The van der Waals surface area contributed by atoms with Gasteiger partial charge in [0.2, 0.25) is 0 Å². The van der Waals surface area contributed by atoms with Gasteiger partial charge < -0.3 is 10.1 Å². The molecule has 3 nitrogen and oxygen atoms in total. The van der Waals surface area contributed by atoms with E-state index in [0.29, 0.717) is 12.5 Å². The Morgan fingerprint density at radius 2 is 2.20 bits per heavy atom. The summed E-state index contributed by atoms with van der Waals surface area (Å²) in [5.41, 5.74) is -0.345. The van der Waals surface area contributed by atoms with Crippen molar-refractivity contribution in [3.8, 4) is 0 Å². The van der Waals surface area contributed by atoms with Gasteiger partial charge in [0.15, 0.2) is 0 Å². The lowest BCUT2D eigenvalue weighted by molar-refractivity contribution is -0.154. The molecule has 1 aliphatic heterocycles. The molecule has 1 atom stereocenters. The van der Waals surface area contributed by atoms with E-state index in [2.05, 4.69) is 5.32 Å². The van der Waals surface area contributed by atoms with Crippen molar-refractivity contribution < 1.29 is 9.53 Å². The number of rotatable bonds is 4. The predicted molar refractivity (Wildman–Crippen MR) is 60.7 cm³/mol. The molecule has 0 spiro atoms. The van der Waals surface area contributed by atoms with Crippen molar-refractivity contribution in [3.05, 3.63) is 0 Å². The maximum absolute atomic E-state index is 11.4. The van der Waals surface area contributed by atoms with Crippen LogP contribution in [-0.2, 0) is 9.53 Å². The molecule has 0 saturated carbocycles. The van der Waals surface area contributed by atoms with Crippen molar-refractivity contribution in [3.63, 3.8) is 0 Å². The van der Waals surface area contributed by atoms with E-state index in [0.717, 1.165) is 19.4 Å². The topological polar surface area (TPSA) is 38.3 Å². The number of carbonyl (C=O) groups excluding carboxylic acids is 1. The molecule has 1 N–H and O–H groups in total. The van der Waals surface area contributed by atoms with Crippen LogP contribution in [0.2, 0.25) is 0 Å². The Kier molecular flexibility index (Phi) is 4.58. The normalized spacial score (nSPS) is 21.7. The molecule has 0 aliphatic carbocycles. The fraction of sp³-hybridized carbons (Fsp3) is 0.917. The van der Waals surface area contributed by atoms with Crippen molar-refractivity contribution >= 4 is 5.97 Å². The highest BCUT2D eigenvalue weighted by atomic mass is 16.6. The minimum atomic E-state index is -0.345. The first kappa shape index (κ1) is 12.5. The second kappa shape index (κ2) is 5.50. The first-order valence-corrected chi connectivity index (χ1v) is 5.92. The molecule has 1 aliphatic rings. The minimum Gasteiger partial charge on any atom is -0.460 e. The summed E-state index contributed by atoms with van der Waals surface area (Å²) in [4.78, 5) is 11.4. The molecule has 0 bridgehead atoms. The summed E-state index contributed by atoms with van der Waals surface area (Å²) >= 11 is 0. The summed E-state index contributed by atoms with van der Waals surface area (Å²) in [5.74, 6) is -0.0690. The van der Waals surface area contributed by atoms with Crippen LogP contribution in [-0.4, -0.2) is 24.2 Å². The Bertz CT molecular complexity index is 202. The fourth-order valence-corrected chi connectivity index (χ4v) is 1.89. The lowest BCUT2D eigenvalue weighted by atomic mass is 10.1. The van der Waals surface area contributed by atoms with E-state index in [4.69, 9.17) is 4.74 Å². The average molecular weight is 213 g/mol. The van der Waals surface area contributed by atoms with Gasteiger partial charge in [-0.25, -0.2) is 0 Å². The Labute approximate surface area is 92.6 Å². The quantitative estimate of drug-likeness (QED) is 0.728. The molecular formula is C12H23NO2.